The normalized spacial score (nSPS) is 19.9. The minimum atomic E-state index is -1.00. The van der Waals surface area contributed by atoms with Gasteiger partial charge >= 0.3 is 5.97 Å². The van der Waals surface area contributed by atoms with E-state index in [-0.39, 0.29) is 11.6 Å². The van der Waals surface area contributed by atoms with Gasteiger partial charge in [0.05, 0.1) is 6.61 Å². The summed E-state index contributed by atoms with van der Waals surface area (Å²) in [5.74, 6) is -0.164. The molecule has 2 aromatic rings. The summed E-state index contributed by atoms with van der Waals surface area (Å²) in [6.45, 7) is 1.32. The van der Waals surface area contributed by atoms with Crippen molar-refractivity contribution in [2.24, 2.45) is 0 Å². The van der Waals surface area contributed by atoms with Crippen LogP contribution in [0.2, 0.25) is 0 Å². The number of ether oxygens (including phenoxy) is 1. The lowest BCUT2D eigenvalue weighted by atomic mass is 10.1. The van der Waals surface area contributed by atoms with Crippen molar-refractivity contribution in [2.75, 3.05) is 13.2 Å². The standard InChI is InChI=1S/C11H11N3O3/c15-11(16)8-2-1-3-9-12-10(13-14(8)9)7-4-5-17-6-7/h1-3,7H,4-6H2,(H,15,16). The minimum Gasteiger partial charge on any atom is -0.477 e. The molecule has 1 atom stereocenters. The second-order valence-electron chi connectivity index (χ2n) is 4.02. The average Bonchev–Trinajstić information content (AvgIpc) is 2.96. The molecule has 1 unspecified atom stereocenters. The number of carboxylic acid groups (broad SMARTS) is 1. The van der Waals surface area contributed by atoms with Gasteiger partial charge < -0.3 is 9.84 Å². The maximum absolute atomic E-state index is 11.0. The number of rotatable bonds is 2. The highest BCUT2D eigenvalue weighted by Crippen LogP contribution is 2.22. The van der Waals surface area contributed by atoms with E-state index < -0.39 is 5.97 Å². The van der Waals surface area contributed by atoms with Crippen molar-refractivity contribution >= 4 is 11.6 Å². The van der Waals surface area contributed by atoms with Gasteiger partial charge in [0.1, 0.15) is 0 Å². The first-order chi connectivity index (χ1) is 8.25. The molecule has 0 radical (unpaired) electrons. The van der Waals surface area contributed by atoms with Crippen LogP contribution in [0.3, 0.4) is 0 Å². The molecule has 1 N–H and O–H groups in total. The first-order valence-electron chi connectivity index (χ1n) is 5.42. The van der Waals surface area contributed by atoms with Gasteiger partial charge in [-0.3, -0.25) is 0 Å². The fourth-order valence-electron chi connectivity index (χ4n) is 1.99. The first-order valence-corrected chi connectivity index (χ1v) is 5.42. The SMILES string of the molecule is O=C(O)c1cccc2nc(C3CCOC3)nn12. The zero-order valence-electron chi connectivity index (χ0n) is 9.04. The maximum atomic E-state index is 11.0. The van der Waals surface area contributed by atoms with Crippen molar-refractivity contribution < 1.29 is 14.6 Å². The average molecular weight is 233 g/mol. The van der Waals surface area contributed by atoms with Crippen LogP contribution in [0, 0.1) is 0 Å². The number of hydrogen-bond acceptors (Lipinski definition) is 4. The molecule has 3 heterocycles. The van der Waals surface area contributed by atoms with Gasteiger partial charge in [-0.1, -0.05) is 6.07 Å². The Hall–Kier alpha value is -1.95. The predicted octanol–water partition coefficient (Wildman–Crippen LogP) is 0.931. The van der Waals surface area contributed by atoms with E-state index in [9.17, 15) is 4.79 Å². The van der Waals surface area contributed by atoms with Crippen LogP contribution < -0.4 is 0 Å². The van der Waals surface area contributed by atoms with Crippen LogP contribution in [0.4, 0.5) is 0 Å². The summed E-state index contributed by atoms with van der Waals surface area (Å²) in [6, 6.07) is 4.93. The van der Waals surface area contributed by atoms with E-state index in [1.165, 1.54) is 10.6 Å². The topological polar surface area (TPSA) is 76.7 Å². The van der Waals surface area contributed by atoms with Gasteiger partial charge in [0.25, 0.3) is 0 Å². The molecule has 0 bridgehead atoms. The molecule has 0 aromatic carbocycles. The van der Waals surface area contributed by atoms with E-state index in [1.807, 2.05) is 0 Å². The van der Waals surface area contributed by atoms with Gasteiger partial charge in [-0.15, -0.1) is 0 Å². The van der Waals surface area contributed by atoms with Crippen LogP contribution in [-0.4, -0.2) is 38.9 Å². The summed E-state index contributed by atoms with van der Waals surface area (Å²) in [5.41, 5.74) is 0.687. The third kappa shape index (κ3) is 1.66. The lowest BCUT2D eigenvalue weighted by molar-refractivity contribution is 0.0687. The van der Waals surface area contributed by atoms with E-state index in [4.69, 9.17) is 9.84 Å². The second kappa shape index (κ2) is 3.81. The molecule has 1 saturated heterocycles. The number of pyridine rings is 1. The molecule has 1 fully saturated rings. The van der Waals surface area contributed by atoms with Crippen molar-refractivity contribution in [3.8, 4) is 0 Å². The lowest BCUT2D eigenvalue weighted by Gasteiger charge is -1.99. The number of carbonyl (C=O) groups is 1. The number of aromatic nitrogens is 3. The third-order valence-electron chi connectivity index (χ3n) is 2.89. The molecule has 17 heavy (non-hydrogen) atoms. The molecule has 0 spiro atoms. The number of carboxylic acids is 1. The predicted molar refractivity (Wildman–Crippen MR) is 58.1 cm³/mol. The van der Waals surface area contributed by atoms with Crippen molar-refractivity contribution in [1.82, 2.24) is 14.6 Å². The molecule has 88 valence electrons. The number of hydrogen-bond donors (Lipinski definition) is 1. The molecule has 6 nitrogen and oxygen atoms in total. The Morgan fingerprint density at radius 3 is 3.12 bits per heavy atom. The van der Waals surface area contributed by atoms with Gasteiger partial charge in [0, 0.05) is 12.5 Å². The molecular formula is C11H11N3O3. The Kier molecular flexibility index (Phi) is 2.29. The molecule has 0 amide bonds. The summed E-state index contributed by atoms with van der Waals surface area (Å²) in [5, 5.41) is 13.3. The van der Waals surface area contributed by atoms with Crippen LogP contribution in [0.1, 0.15) is 28.7 Å². The Morgan fingerprint density at radius 1 is 1.53 bits per heavy atom. The lowest BCUT2D eigenvalue weighted by Crippen LogP contribution is -2.06. The van der Waals surface area contributed by atoms with Crippen LogP contribution in [0.25, 0.3) is 5.65 Å². The van der Waals surface area contributed by atoms with Crippen molar-refractivity contribution in [1.29, 1.82) is 0 Å². The van der Waals surface area contributed by atoms with Crippen LogP contribution in [-0.2, 0) is 4.74 Å². The summed E-state index contributed by atoms with van der Waals surface area (Å²) >= 11 is 0. The molecule has 1 aliphatic rings. The number of fused-ring (bicyclic) bond motifs is 1. The number of nitrogens with zero attached hydrogens (tertiary/aromatic N) is 3. The molecule has 2 aromatic heterocycles. The monoisotopic (exact) mass is 233 g/mol. The molecule has 0 saturated carbocycles. The number of aromatic carboxylic acids is 1. The Labute approximate surface area is 96.8 Å². The van der Waals surface area contributed by atoms with E-state index >= 15 is 0 Å². The van der Waals surface area contributed by atoms with Gasteiger partial charge in [-0.2, -0.15) is 5.10 Å². The Morgan fingerprint density at radius 2 is 2.41 bits per heavy atom. The quantitative estimate of drug-likeness (QED) is 0.835. The molecule has 6 heteroatoms. The maximum Gasteiger partial charge on any atom is 0.354 e. The fourth-order valence-corrected chi connectivity index (χ4v) is 1.99. The van der Waals surface area contributed by atoms with Crippen LogP contribution >= 0.6 is 0 Å². The Bertz CT molecular complexity index is 572. The van der Waals surface area contributed by atoms with E-state index in [1.54, 1.807) is 12.1 Å². The molecular weight excluding hydrogens is 222 g/mol. The summed E-state index contributed by atoms with van der Waals surface area (Å²) in [6.07, 6.45) is 0.888. The zero-order valence-corrected chi connectivity index (χ0v) is 9.04. The molecule has 1 aliphatic heterocycles. The summed E-state index contributed by atoms with van der Waals surface area (Å²) in [7, 11) is 0. The van der Waals surface area contributed by atoms with Crippen LogP contribution in [0.5, 0.6) is 0 Å². The van der Waals surface area contributed by atoms with Crippen molar-refractivity contribution in [3.63, 3.8) is 0 Å². The van der Waals surface area contributed by atoms with E-state index in [2.05, 4.69) is 10.1 Å². The fraction of sp³-hybridized carbons (Fsp3) is 0.364. The van der Waals surface area contributed by atoms with Crippen LogP contribution in [0.15, 0.2) is 18.2 Å². The largest absolute Gasteiger partial charge is 0.477 e. The van der Waals surface area contributed by atoms with Gasteiger partial charge in [-0.25, -0.2) is 14.3 Å². The zero-order chi connectivity index (χ0) is 11.8. The van der Waals surface area contributed by atoms with Gasteiger partial charge in [-0.05, 0) is 18.6 Å². The second-order valence-corrected chi connectivity index (χ2v) is 4.02. The van der Waals surface area contributed by atoms with Gasteiger partial charge in [0.15, 0.2) is 17.2 Å². The van der Waals surface area contributed by atoms with E-state index in [0.29, 0.717) is 24.7 Å². The summed E-state index contributed by atoms with van der Waals surface area (Å²) < 4.78 is 6.65. The minimum absolute atomic E-state index is 0.125. The third-order valence-corrected chi connectivity index (χ3v) is 2.89. The van der Waals surface area contributed by atoms with Crippen molar-refractivity contribution in [2.45, 2.75) is 12.3 Å². The summed E-state index contributed by atoms with van der Waals surface area (Å²) in [4.78, 5) is 15.4. The molecule has 3 rings (SSSR count). The van der Waals surface area contributed by atoms with Gasteiger partial charge in [0.2, 0.25) is 0 Å². The highest BCUT2D eigenvalue weighted by Gasteiger charge is 2.23. The molecule has 0 aliphatic carbocycles. The Balaban J connectivity index is 2.11. The van der Waals surface area contributed by atoms with E-state index in [0.717, 1.165) is 6.42 Å². The van der Waals surface area contributed by atoms with Crippen molar-refractivity contribution in [3.05, 3.63) is 29.7 Å². The highest BCUT2D eigenvalue weighted by atomic mass is 16.5. The first kappa shape index (κ1) is 10.2. The highest BCUT2D eigenvalue weighted by molar-refractivity contribution is 5.86. The smallest absolute Gasteiger partial charge is 0.354 e.